The molecule has 1 rings (SSSR count). The Labute approximate surface area is 77.8 Å². The predicted octanol–water partition coefficient (Wildman–Crippen LogP) is 2.42. The normalized spacial score (nSPS) is 9.38. The van der Waals surface area contributed by atoms with Crippen molar-refractivity contribution >= 4 is 12.0 Å². The highest BCUT2D eigenvalue weighted by molar-refractivity contribution is 5.90. The van der Waals surface area contributed by atoms with Crippen LogP contribution in [0.15, 0.2) is 24.8 Å². The van der Waals surface area contributed by atoms with Gasteiger partial charge in [0.25, 0.3) is 0 Å². The summed E-state index contributed by atoms with van der Waals surface area (Å²) < 4.78 is 4.60. The number of rotatable bonds is 2. The molecule has 0 saturated carbocycles. The topological polar surface area (TPSA) is 26.3 Å². The molecule has 0 aromatic heterocycles. The third-order valence-corrected chi connectivity index (χ3v) is 1.92. The van der Waals surface area contributed by atoms with E-state index in [0.717, 1.165) is 11.1 Å². The molecule has 2 heteroatoms. The summed E-state index contributed by atoms with van der Waals surface area (Å²) in [5.74, 6) is -0.317. The maximum Gasteiger partial charge on any atom is 0.337 e. The molecule has 0 N–H and O–H groups in total. The van der Waals surface area contributed by atoms with Crippen LogP contribution in [0.3, 0.4) is 0 Å². The van der Waals surface area contributed by atoms with Gasteiger partial charge in [-0.2, -0.15) is 0 Å². The van der Waals surface area contributed by atoms with Crippen molar-refractivity contribution < 1.29 is 9.53 Å². The minimum absolute atomic E-state index is 0.317. The van der Waals surface area contributed by atoms with Gasteiger partial charge in [0, 0.05) is 0 Å². The Balaban J connectivity index is 3.13. The van der Waals surface area contributed by atoms with Gasteiger partial charge in [-0.15, -0.1) is 0 Å². The highest BCUT2D eigenvalue weighted by Crippen LogP contribution is 2.12. The van der Waals surface area contributed by atoms with Gasteiger partial charge in [0.15, 0.2) is 0 Å². The number of hydrogen-bond acceptors (Lipinski definition) is 2. The summed E-state index contributed by atoms with van der Waals surface area (Å²) in [4.78, 5) is 11.1. The molecule has 0 fully saturated rings. The number of ether oxygens (including phenoxy) is 1. The Morgan fingerprint density at radius 1 is 1.54 bits per heavy atom. The van der Waals surface area contributed by atoms with Gasteiger partial charge >= 0.3 is 5.97 Å². The summed E-state index contributed by atoms with van der Waals surface area (Å²) in [6.07, 6.45) is 1.72. The Hall–Kier alpha value is -1.57. The zero-order valence-electron chi connectivity index (χ0n) is 7.83. The highest BCUT2D eigenvalue weighted by Gasteiger charge is 2.05. The monoisotopic (exact) mass is 176 g/mol. The summed E-state index contributed by atoms with van der Waals surface area (Å²) in [7, 11) is 1.37. The number of carbonyl (C=O) groups is 1. The van der Waals surface area contributed by atoms with Crippen molar-refractivity contribution in [2.75, 3.05) is 7.11 Å². The number of benzene rings is 1. The van der Waals surface area contributed by atoms with Crippen molar-refractivity contribution in [2.45, 2.75) is 6.92 Å². The summed E-state index contributed by atoms with van der Waals surface area (Å²) in [5, 5.41) is 0. The molecule has 0 aliphatic heterocycles. The molecule has 0 unspecified atom stereocenters. The van der Waals surface area contributed by atoms with Crippen molar-refractivity contribution in [2.24, 2.45) is 0 Å². The Morgan fingerprint density at radius 3 is 2.77 bits per heavy atom. The van der Waals surface area contributed by atoms with Gasteiger partial charge in [0.05, 0.1) is 12.7 Å². The minimum atomic E-state index is -0.317. The second-order valence-electron chi connectivity index (χ2n) is 2.77. The van der Waals surface area contributed by atoms with Gasteiger partial charge in [0.2, 0.25) is 0 Å². The van der Waals surface area contributed by atoms with Gasteiger partial charge in [-0.25, -0.2) is 4.79 Å². The molecule has 0 bridgehead atoms. The standard InChI is InChI=1S/C11H12O2/c1-4-9-7-10(11(12)13-3)6-5-8(9)2/h4-7H,1H2,2-3H3. The molecule has 0 spiro atoms. The quantitative estimate of drug-likeness (QED) is 0.647. The van der Waals surface area contributed by atoms with E-state index in [1.165, 1.54) is 7.11 Å². The second-order valence-corrected chi connectivity index (χ2v) is 2.77. The van der Waals surface area contributed by atoms with E-state index in [1.807, 2.05) is 13.0 Å². The van der Waals surface area contributed by atoms with Crippen LogP contribution in [0.4, 0.5) is 0 Å². The average molecular weight is 176 g/mol. The van der Waals surface area contributed by atoms with Crippen molar-refractivity contribution in [3.05, 3.63) is 41.5 Å². The SMILES string of the molecule is C=Cc1cc(C(=O)OC)ccc1C. The third kappa shape index (κ3) is 1.96. The number of esters is 1. The van der Waals surface area contributed by atoms with Crippen molar-refractivity contribution in [1.82, 2.24) is 0 Å². The number of hydrogen-bond donors (Lipinski definition) is 0. The van der Waals surface area contributed by atoms with E-state index in [9.17, 15) is 4.79 Å². The van der Waals surface area contributed by atoms with E-state index in [-0.39, 0.29) is 5.97 Å². The maximum atomic E-state index is 11.1. The van der Waals surface area contributed by atoms with Gasteiger partial charge < -0.3 is 4.74 Å². The lowest BCUT2D eigenvalue weighted by Crippen LogP contribution is -2.01. The van der Waals surface area contributed by atoms with Crippen LogP contribution in [0.1, 0.15) is 21.5 Å². The van der Waals surface area contributed by atoms with Crippen LogP contribution in [-0.2, 0) is 4.74 Å². The van der Waals surface area contributed by atoms with E-state index >= 15 is 0 Å². The molecule has 0 aliphatic rings. The third-order valence-electron chi connectivity index (χ3n) is 1.92. The largest absolute Gasteiger partial charge is 0.465 e. The van der Waals surface area contributed by atoms with Crippen LogP contribution < -0.4 is 0 Å². The van der Waals surface area contributed by atoms with Crippen LogP contribution in [0.2, 0.25) is 0 Å². The van der Waals surface area contributed by atoms with E-state index in [0.29, 0.717) is 5.56 Å². The number of carbonyl (C=O) groups excluding carboxylic acids is 1. The van der Waals surface area contributed by atoms with Crippen LogP contribution in [-0.4, -0.2) is 13.1 Å². The van der Waals surface area contributed by atoms with Gasteiger partial charge in [-0.3, -0.25) is 0 Å². The van der Waals surface area contributed by atoms with E-state index in [4.69, 9.17) is 0 Å². The first kappa shape index (κ1) is 9.52. The fourth-order valence-electron chi connectivity index (χ4n) is 1.11. The molecular weight excluding hydrogens is 164 g/mol. The summed E-state index contributed by atoms with van der Waals surface area (Å²) in [6, 6.07) is 5.39. The first-order valence-electron chi connectivity index (χ1n) is 4.00. The van der Waals surface area contributed by atoms with Crippen LogP contribution in [0.25, 0.3) is 6.08 Å². The van der Waals surface area contributed by atoms with Gasteiger partial charge in [-0.05, 0) is 30.2 Å². The Kier molecular flexibility index (Phi) is 2.85. The van der Waals surface area contributed by atoms with E-state index in [1.54, 1.807) is 18.2 Å². The van der Waals surface area contributed by atoms with E-state index < -0.39 is 0 Å². The van der Waals surface area contributed by atoms with Crippen molar-refractivity contribution in [1.29, 1.82) is 0 Å². The molecule has 0 saturated heterocycles. The van der Waals surface area contributed by atoms with Crippen molar-refractivity contribution in [3.8, 4) is 0 Å². The van der Waals surface area contributed by atoms with Crippen LogP contribution in [0, 0.1) is 6.92 Å². The second kappa shape index (κ2) is 3.90. The molecule has 13 heavy (non-hydrogen) atoms. The maximum absolute atomic E-state index is 11.1. The zero-order chi connectivity index (χ0) is 9.84. The number of methoxy groups -OCH3 is 1. The zero-order valence-corrected chi connectivity index (χ0v) is 7.83. The highest BCUT2D eigenvalue weighted by atomic mass is 16.5. The van der Waals surface area contributed by atoms with E-state index in [2.05, 4.69) is 11.3 Å². The Morgan fingerprint density at radius 2 is 2.23 bits per heavy atom. The van der Waals surface area contributed by atoms with Crippen LogP contribution in [0.5, 0.6) is 0 Å². The van der Waals surface area contributed by atoms with Crippen molar-refractivity contribution in [3.63, 3.8) is 0 Å². The van der Waals surface area contributed by atoms with Gasteiger partial charge in [-0.1, -0.05) is 18.7 Å². The molecular formula is C11H12O2. The lowest BCUT2D eigenvalue weighted by molar-refractivity contribution is 0.0600. The average Bonchev–Trinajstić information content (AvgIpc) is 2.17. The molecule has 0 atom stereocenters. The molecule has 0 heterocycles. The minimum Gasteiger partial charge on any atom is -0.465 e. The Bertz CT molecular complexity index is 340. The fraction of sp³-hybridized carbons (Fsp3) is 0.182. The predicted molar refractivity (Wildman–Crippen MR) is 52.6 cm³/mol. The molecule has 68 valence electrons. The summed E-state index contributed by atoms with van der Waals surface area (Å²) in [5.41, 5.74) is 2.62. The molecule has 1 aromatic carbocycles. The molecule has 1 aromatic rings. The van der Waals surface area contributed by atoms with Crippen LogP contribution >= 0.6 is 0 Å². The molecule has 0 amide bonds. The summed E-state index contributed by atoms with van der Waals surface area (Å²) in [6.45, 7) is 5.64. The first-order valence-corrected chi connectivity index (χ1v) is 4.00. The molecule has 0 radical (unpaired) electrons. The molecule has 0 aliphatic carbocycles. The lowest BCUT2D eigenvalue weighted by atomic mass is 10.1. The number of aryl methyl sites for hydroxylation is 1. The summed E-state index contributed by atoms with van der Waals surface area (Å²) >= 11 is 0. The van der Waals surface area contributed by atoms with Gasteiger partial charge in [0.1, 0.15) is 0 Å². The smallest absolute Gasteiger partial charge is 0.337 e. The fourth-order valence-corrected chi connectivity index (χ4v) is 1.11. The molecule has 2 nitrogen and oxygen atoms in total. The lowest BCUT2D eigenvalue weighted by Gasteiger charge is -2.03. The first-order chi connectivity index (χ1) is 6.19.